The molecule has 11 heteroatoms. The van der Waals surface area contributed by atoms with Crippen LogP contribution in [0.2, 0.25) is 0 Å². The van der Waals surface area contributed by atoms with Crippen LogP contribution in [-0.2, 0) is 43.6 Å². The van der Waals surface area contributed by atoms with Gasteiger partial charge >= 0.3 is 6.09 Å². The fourth-order valence-corrected chi connectivity index (χ4v) is 8.93. The number of alkyl carbamates (subject to hydrolysis) is 1. The second-order valence-corrected chi connectivity index (χ2v) is 16.2. The van der Waals surface area contributed by atoms with Crippen molar-refractivity contribution in [3.63, 3.8) is 0 Å². The number of carbonyl (C=O) groups is 3. The van der Waals surface area contributed by atoms with E-state index in [-0.39, 0.29) is 50.2 Å². The highest BCUT2D eigenvalue weighted by molar-refractivity contribution is 6.06. The molecule has 304 valence electrons. The average molecular weight is 787 g/mol. The van der Waals surface area contributed by atoms with Crippen LogP contribution in [0.5, 0.6) is 0 Å². The SMILES string of the molecule is C[C@H]1[C@@H](CN2CCC[C@H]2CN2CCCC2)O[C@@H](c2cccc(-c3cccc(CN4C(=O)CC(NC(=O)OCc5ccccc5)C4=O)c3)c2)O[C@H]1c1ccc(CO)cc1. The predicted octanol–water partition coefficient (Wildman–Crippen LogP) is 6.75. The lowest BCUT2D eigenvalue weighted by molar-refractivity contribution is -0.276. The summed E-state index contributed by atoms with van der Waals surface area (Å²) in [6, 6.07) is 32.9. The third kappa shape index (κ3) is 9.35. The maximum atomic E-state index is 13.3. The van der Waals surface area contributed by atoms with Crippen molar-refractivity contribution >= 4 is 17.9 Å². The van der Waals surface area contributed by atoms with Crippen LogP contribution >= 0.6 is 0 Å². The minimum atomic E-state index is -0.976. The van der Waals surface area contributed by atoms with Gasteiger partial charge in [0.25, 0.3) is 5.91 Å². The lowest BCUT2D eigenvalue weighted by Crippen LogP contribution is -2.48. The predicted molar refractivity (Wildman–Crippen MR) is 219 cm³/mol. The summed E-state index contributed by atoms with van der Waals surface area (Å²) in [5.74, 6) is -0.714. The maximum absolute atomic E-state index is 13.3. The molecule has 0 aliphatic carbocycles. The molecule has 0 saturated carbocycles. The molecule has 4 heterocycles. The molecule has 1 unspecified atom stereocenters. The number of nitrogens with one attached hydrogen (secondary N) is 1. The van der Waals surface area contributed by atoms with E-state index in [4.69, 9.17) is 14.2 Å². The van der Waals surface area contributed by atoms with E-state index in [0.29, 0.717) is 6.04 Å². The van der Waals surface area contributed by atoms with Gasteiger partial charge < -0.3 is 29.5 Å². The minimum Gasteiger partial charge on any atom is -0.445 e. The maximum Gasteiger partial charge on any atom is 0.408 e. The van der Waals surface area contributed by atoms with Crippen LogP contribution in [0.15, 0.2) is 103 Å². The van der Waals surface area contributed by atoms with Gasteiger partial charge in [-0.3, -0.25) is 19.4 Å². The van der Waals surface area contributed by atoms with Crippen LogP contribution < -0.4 is 5.32 Å². The molecule has 8 rings (SSSR count). The summed E-state index contributed by atoms with van der Waals surface area (Å²) >= 11 is 0. The number of ether oxygens (including phenoxy) is 3. The summed E-state index contributed by atoms with van der Waals surface area (Å²) in [5, 5.41) is 12.3. The molecule has 4 aliphatic heterocycles. The van der Waals surface area contributed by atoms with E-state index in [1.807, 2.05) is 84.9 Å². The van der Waals surface area contributed by atoms with E-state index < -0.39 is 24.3 Å². The van der Waals surface area contributed by atoms with E-state index >= 15 is 0 Å². The number of nitrogens with zero attached hydrogens (tertiary/aromatic N) is 3. The van der Waals surface area contributed by atoms with E-state index in [1.165, 1.54) is 43.7 Å². The fraction of sp³-hybridized carbons (Fsp3) is 0.426. The van der Waals surface area contributed by atoms with Crippen LogP contribution in [0.3, 0.4) is 0 Å². The summed E-state index contributed by atoms with van der Waals surface area (Å²) in [7, 11) is 0. The molecule has 0 bridgehead atoms. The van der Waals surface area contributed by atoms with Gasteiger partial charge in [-0.05, 0) is 90.8 Å². The van der Waals surface area contributed by atoms with Gasteiger partial charge in [0.15, 0.2) is 6.29 Å². The second kappa shape index (κ2) is 18.3. The Balaban J connectivity index is 0.963. The Morgan fingerprint density at radius 1 is 0.793 bits per heavy atom. The summed E-state index contributed by atoms with van der Waals surface area (Å²) in [6.07, 6.45) is 3.27. The van der Waals surface area contributed by atoms with Gasteiger partial charge in [0.05, 0.1) is 31.8 Å². The lowest BCUT2D eigenvalue weighted by Gasteiger charge is -2.43. The monoisotopic (exact) mass is 786 g/mol. The van der Waals surface area contributed by atoms with Gasteiger partial charge in [0, 0.05) is 30.6 Å². The quantitative estimate of drug-likeness (QED) is 0.142. The highest BCUT2D eigenvalue weighted by Gasteiger charge is 2.42. The molecule has 0 aromatic heterocycles. The standard InChI is InChI=1S/C47H54N4O7/c1-32-42(29-50-23-9-16-40(50)28-49-21-5-6-22-49)57-46(58-44(32)36-19-17-33(30-52)18-20-36)39-15-8-14-38(25-39)37-13-7-12-35(24-37)27-51-43(53)26-41(45(51)54)48-47(55)56-31-34-10-3-2-4-11-34/h2-4,7-8,10-15,17-20,24-25,32,40-42,44,46,52H,5-6,9,16,21-23,26-31H2,1H3,(H,48,55)/t32-,40-,41?,42+,44+,46+/m0/s1. The fourth-order valence-electron chi connectivity index (χ4n) is 8.93. The van der Waals surface area contributed by atoms with Crippen LogP contribution in [0.4, 0.5) is 4.79 Å². The first kappa shape index (κ1) is 39.9. The van der Waals surface area contributed by atoms with Crippen LogP contribution in [0.1, 0.15) is 79.2 Å². The molecule has 58 heavy (non-hydrogen) atoms. The number of aliphatic hydroxyl groups excluding tert-OH is 1. The van der Waals surface area contributed by atoms with Crippen molar-refractivity contribution in [3.05, 3.63) is 131 Å². The molecule has 4 aliphatic rings. The Morgan fingerprint density at radius 3 is 2.31 bits per heavy atom. The molecule has 4 saturated heterocycles. The number of benzene rings is 4. The summed E-state index contributed by atoms with van der Waals surface area (Å²) < 4.78 is 19.1. The van der Waals surface area contributed by atoms with Crippen molar-refractivity contribution in [3.8, 4) is 11.1 Å². The van der Waals surface area contributed by atoms with Crippen molar-refractivity contribution in [1.29, 1.82) is 0 Å². The molecular formula is C47H54N4O7. The molecule has 4 aromatic carbocycles. The van der Waals surface area contributed by atoms with E-state index in [1.54, 1.807) is 0 Å². The van der Waals surface area contributed by atoms with Gasteiger partial charge in [0.2, 0.25) is 5.91 Å². The highest BCUT2D eigenvalue weighted by atomic mass is 16.7. The number of rotatable bonds is 13. The summed E-state index contributed by atoms with van der Waals surface area (Å²) in [6.45, 7) is 7.80. The number of carbonyl (C=O) groups excluding carboxylic acids is 3. The Morgan fingerprint density at radius 2 is 1.53 bits per heavy atom. The largest absolute Gasteiger partial charge is 0.445 e. The Bertz CT molecular complexity index is 2040. The normalized spacial score (nSPS) is 25.4. The van der Waals surface area contributed by atoms with Crippen LogP contribution in [0, 0.1) is 5.92 Å². The van der Waals surface area contributed by atoms with Crippen molar-refractivity contribution < 1.29 is 33.7 Å². The summed E-state index contributed by atoms with van der Waals surface area (Å²) in [4.78, 5) is 45.3. The third-order valence-electron chi connectivity index (χ3n) is 12.2. The van der Waals surface area contributed by atoms with Crippen molar-refractivity contribution in [1.82, 2.24) is 20.0 Å². The van der Waals surface area contributed by atoms with Crippen LogP contribution in [0.25, 0.3) is 11.1 Å². The first-order chi connectivity index (χ1) is 28.3. The minimum absolute atomic E-state index is 0.00847. The Labute approximate surface area is 340 Å². The van der Waals surface area contributed by atoms with E-state index in [9.17, 15) is 19.5 Å². The Kier molecular flexibility index (Phi) is 12.6. The smallest absolute Gasteiger partial charge is 0.408 e. The van der Waals surface area contributed by atoms with Crippen LogP contribution in [-0.4, -0.2) is 88.6 Å². The summed E-state index contributed by atoms with van der Waals surface area (Å²) in [5.41, 5.74) is 6.33. The van der Waals surface area contributed by atoms with Crippen molar-refractivity contribution in [2.24, 2.45) is 5.92 Å². The number of likely N-dealkylation sites (tertiary alicyclic amines) is 3. The first-order valence-electron chi connectivity index (χ1n) is 20.8. The van der Waals surface area contributed by atoms with E-state index in [2.05, 4.69) is 40.2 Å². The lowest BCUT2D eigenvalue weighted by atomic mass is 9.89. The number of hydrogen-bond donors (Lipinski definition) is 2. The number of aliphatic hydroxyl groups is 1. The molecular weight excluding hydrogens is 733 g/mol. The number of hydrogen-bond acceptors (Lipinski definition) is 9. The van der Waals surface area contributed by atoms with Crippen molar-refractivity contribution in [2.75, 3.05) is 32.7 Å². The zero-order valence-corrected chi connectivity index (χ0v) is 33.2. The molecule has 4 aromatic rings. The van der Waals surface area contributed by atoms with Gasteiger partial charge in [-0.2, -0.15) is 0 Å². The van der Waals surface area contributed by atoms with Gasteiger partial charge in [-0.15, -0.1) is 0 Å². The highest BCUT2D eigenvalue weighted by Crippen LogP contribution is 2.43. The van der Waals surface area contributed by atoms with Gasteiger partial charge in [0.1, 0.15) is 12.6 Å². The zero-order chi connectivity index (χ0) is 40.0. The third-order valence-corrected chi connectivity index (χ3v) is 12.2. The molecule has 0 spiro atoms. The first-order valence-corrected chi connectivity index (χ1v) is 20.8. The molecule has 0 radical (unpaired) electrons. The van der Waals surface area contributed by atoms with Crippen molar-refractivity contribution in [2.45, 2.75) is 89.4 Å². The molecule has 3 amide bonds. The molecule has 11 nitrogen and oxygen atoms in total. The average Bonchev–Trinajstić information content (AvgIpc) is 4.00. The number of imide groups is 1. The Hall–Kier alpha value is -4.91. The zero-order valence-electron chi connectivity index (χ0n) is 33.2. The molecule has 4 fully saturated rings. The second-order valence-electron chi connectivity index (χ2n) is 16.2. The topological polar surface area (TPSA) is 121 Å². The van der Waals surface area contributed by atoms with E-state index in [0.717, 1.165) is 58.6 Å². The molecule has 2 N–H and O–H groups in total. The van der Waals surface area contributed by atoms with Gasteiger partial charge in [-0.25, -0.2) is 4.79 Å². The molecule has 6 atom stereocenters. The number of amides is 3. The van der Waals surface area contributed by atoms with Gasteiger partial charge in [-0.1, -0.05) is 97.9 Å².